The minimum atomic E-state index is -0.451. The molecule has 3 rings (SSSR count). The van der Waals surface area contributed by atoms with Crippen molar-refractivity contribution in [3.05, 3.63) is 52.8 Å². The van der Waals surface area contributed by atoms with Crippen LogP contribution in [0, 0.1) is 6.92 Å². The zero-order chi connectivity index (χ0) is 20.3. The standard InChI is InChI=1S/C19H24N6O2S/c1-4-25-18(27)14(11-21-13-8-6-5-7-9-13)28-19(25)16(20)17(26)22-15-10-12(2)23-24(15)3/h5-10,14,21H,4,11,20H2,1-3H3,(H,22,26)/b19-16+/t14-/m1/s1. The van der Waals surface area contributed by atoms with Crippen molar-refractivity contribution < 1.29 is 9.59 Å². The molecule has 0 saturated carbocycles. The van der Waals surface area contributed by atoms with Gasteiger partial charge in [0.25, 0.3) is 5.91 Å². The van der Waals surface area contributed by atoms with Crippen LogP contribution in [0.3, 0.4) is 0 Å². The highest BCUT2D eigenvalue weighted by molar-refractivity contribution is 8.04. The van der Waals surface area contributed by atoms with Crippen molar-refractivity contribution in [3.8, 4) is 0 Å². The van der Waals surface area contributed by atoms with Gasteiger partial charge in [-0.2, -0.15) is 5.10 Å². The number of hydrogen-bond acceptors (Lipinski definition) is 6. The molecule has 2 aromatic rings. The number of benzene rings is 1. The van der Waals surface area contributed by atoms with Crippen molar-refractivity contribution >= 4 is 35.1 Å². The van der Waals surface area contributed by atoms with Crippen molar-refractivity contribution in [2.24, 2.45) is 12.8 Å². The summed E-state index contributed by atoms with van der Waals surface area (Å²) < 4.78 is 1.57. The largest absolute Gasteiger partial charge is 0.392 e. The number of carbonyl (C=O) groups is 2. The van der Waals surface area contributed by atoms with E-state index < -0.39 is 5.91 Å². The van der Waals surface area contributed by atoms with Gasteiger partial charge in [0.2, 0.25) is 5.91 Å². The lowest BCUT2D eigenvalue weighted by atomic mass is 10.3. The lowest BCUT2D eigenvalue weighted by Crippen LogP contribution is -2.33. The topological polar surface area (TPSA) is 105 Å². The number of carbonyl (C=O) groups excluding carboxylic acids is 2. The normalized spacial score (nSPS) is 18.3. The summed E-state index contributed by atoms with van der Waals surface area (Å²) in [4.78, 5) is 26.9. The molecular formula is C19H24N6O2S. The second-order valence-electron chi connectivity index (χ2n) is 6.40. The van der Waals surface area contributed by atoms with Crippen LogP contribution in [-0.2, 0) is 16.6 Å². The third kappa shape index (κ3) is 4.14. The molecule has 1 aromatic heterocycles. The van der Waals surface area contributed by atoms with Crippen LogP contribution in [-0.4, -0.2) is 44.8 Å². The Labute approximate surface area is 168 Å². The minimum absolute atomic E-state index is 0.0289. The zero-order valence-corrected chi connectivity index (χ0v) is 16.9. The number of aromatic nitrogens is 2. The number of thioether (sulfide) groups is 1. The first-order valence-electron chi connectivity index (χ1n) is 8.99. The molecule has 0 unspecified atom stereocenters. The van der Waals surface area contributed by atoms with E-state index in [-0.39, 0.29) is 16.9 Å². The van der Waals surface area contributed by atoms with Gasteiger partial charge in [-0.1, -0.05) is 30.0 Å². The lowest BCUT2D eigenvalue weighted by molar-refractivity contribution is -0.127. The van der Waals surface area contributed by atoms with Crippen molar-refractivity contribution in [3.63, 3.8) is 0 Å². The predicted molar refractivity (Wildman–Crippen MR) is 111 cm³/mol. The summed E-state index contributed by atoms with van der Waals surface area (Å²) >= 11 is 1.31. The van der Waals surface area contributed by atoms with Gasteiger partial charge < -0.3 is 21.3 Å². The number of anilines is 2. The van der Waals surface area contributed by atoms with Crippen molar-refractivity contribution in [2.75, 3.05) is 23.7 Å². The molecule has 9 heteroatoms. The molecule has 0 radical (unpaired) electrons. The molecule has 1 aliphatic rings. The van der Waals surface area contributed by atoms with Crippen molar-refractivity contribution in [1.29, 1.82) is 0 Å². The molecule has 0 spiro atoms. The van der Waals surface area contributed by atoms with Gasteiger partial charge in [0.1, 0.15) is 21.8 Å². The SMILES string of the molecule is CCN1C(=O)[C@@H](CNc2ccccc2)S/C1=C(/N)C(=O)Nc1cc(C)nn1C. The Kier molecular flexibility index (Phi) is 5.93. The molecular weight excluding hydrogens is 376 g/mol. The summed E-state index contributed by atoms with van der Waals surface area (Å²) in [6.45, 7) is 4.60. The average Bonchev–Trinajstić information content (AvgIpc) is 3.17. The quantitative estimate of drug-likeness (QED) is 0.640. The number of nitrogens with one attached hydrogen (secondary N) is 2. The molecule has 1 fully saturated rings. The van der Waals surface area contributed by atoms with Gasteiger partial charge in [-0.05, 0) is 26.0 Å². The van der Waals surface area contributed by atoms with Gasteiger partial charge >= 0.3 is 0 Å². The van der Waals surface area contributed by atoms with Gasteiger partial charge in [-0.25, -0.2) is 0 Å². The fourth-order valence-corrected chi connectivity index (χ4v) is 4.17. The first-order chi connectivity index (χ1) is 13.4. The fraction of sp³-hybridized carbons (Fsp3) is 0.316. The lowest BCUT2D eigenvalue weighted by Gasteiger charge is -2.16. The predicted octanol–water partition coefficient (Wildman–Crippen LogP) is 1.87. The highest BCUT2D eigenvalue weighted by Gasteiger charge is 2.38. The van der Waals surface area contributed by atoms with E-state index in [2.05, 4.69) is 15.7 Å². The van der Waals surface area contributed by atoms with E-state index >= 15 is 0 Å². The Morgan fingerprint density at radius 2 is 2.04 bits per heavy atom. The molecule has 148 valence electrons. The molecule has 1 saturated heterocycles. The first kappa shape index (κ1) is 19.8. The number of hydrogen-bond donors (Lipinski definition) is 3. The maximum absolute atomic E-state index is 12.7. The first-order valence-corrected chi connectivity index (χ1v) is 9.87. The van der Waals surface area contributed by atoms with E-state index in [4.69, 9.17) is 5.73 Å². The van der Waals surface area contributed by atoms with Crippen LogP contribution in [0.15, 0.2) is 47.1 Å². The Hall–Kier alpha value is -2.94. The molecule has 2 heterocycles. The van der Waals surface area contributed by atoms with Crippen LogP contribution in [0.25, 0.3) is 0 Å². The van der Waals surface area contributed by atoms with E-state index in [0.29, 0.717) is 23.9 Å². The van der Waals surface area contributed by atoms with Gasteiger partial charge in [-0.15, -0.1) is 0 Å². The Bertz CT molecular complexity index is 908. The summed E-state index contributed by atoms with van der Waals surface area (Å²) in [5, 5.41) is 10.3. The van der Waals surface area contributed by atoms with Crippen LogP contribution in [0.2, 0.25) is 0 Å². The summed E-state index contributed by atoms with van der Waals surface area (Å²) in [5.74, 6) is 0.0391. The van der Waals surface area contributed by atoms with E-state index in [1.807, 2.05) is 44.2 Å². The van der Waals surface area contributed by atoms with Gasteiger partial charge in [0.15, 0.2) is 0 Å². The molecule has 1 aromatic carbocycles. The van der Waals surface area contributed by atoms with Crippen LogP contribution >= 0.6 is 11.8 Å². The number of nitrogens with zero attached hydrogens (tertiary/aromatic N) is 3. The highest BCUT2D eigenvalue weighted by Crippen LogP contribution is 2.36. The Balaban J connectivity index is 1.74. The minimum Gasteiger partial charge on any atom is -0.392 e. The maximum Gasteiger partial charge on any atom is 0.275 e. The summed E-state index contributed by atoms with van der Waals surface area (Å²) in [6.07, 6.45) is 0. The second kappa shape index (κ2) is 8.39. The molecule has 1 atom stereocenters. The number of aryl methyl sites for hydroxylation is 2. The number of rotatable bonds is 6. The fourth-order valence-electron chi connectivity index (χ4n) is 2.93. The van der Waals surface area contributed by atoms with E-state index in [0.717, 1.165) is 11.4 Å². The monoisotopic (exact) mass is 400 g/mol. The molecule has 2 amide bonds. The third-order valence-corrected chi connectivity index (χ3v) is 5.66. The van der Waals surface area contributed by atoms with Gasteiger partial charge in [0.05, 0.1) is 5.69 Å². The van der Waals surface area contributed by atoms with E-state index in [1.165, 1.54) is 11.8 Å². The molecule has 8 nitrogen and oxygen atoms in total. The van der Waals surface area contributed by atoms with E-state index in [1.54, 1.807) is 22.7 Å². The highest BCUT2D eigenvalue weighted by atomic mass is 32.2. The second-order valence-corrected chi connectivity index (χ2v) is 7.59. The van der Waals surface area contributed by atoms with Gasteiger partial charge in [0, 0.05) is 31.9 Å². The smallest absolute Gasteiger partial charge is 0.275 e. The molecule has 0 bridgehead atoms. The summed E-state index contributed by atoms with van der Waals surface area (Å²) in [7, 11) is 1.74. The van der Waals surface area contributed by atoms with Crippen LogP contribution in [0.1, 0.15) is 12.6 Å². The molecule has 4 N–H and O–H groups in total. The number of nitrogens with two attached hydrogens (primary N) is 1. The molecule has 1 aliphatic heterocycles. The average molecular weight is 401 g/mol. The Morgan fingerprint density at radius 3 is 2.64 bits per heavy atom. The van der Waals surface area contributed by atoms with Crippen LogP contribution in [0.4, 0.5) is 11.5 Å². The van der Waals surface area contributed by atoms with Gasteiger partial charge in [-0.3, -0.25) is 14.3 Å². The number of para-hydroxylation sites is 1. The molecule has 28 heavy (non-hydrogen) atoms. The third-order valence-electron chi connectivity index (χ3n) is 4.34. The molecule has 0 aliphatic carbocycles. The number of amides is 2. The zero-order valence-electron chi connectivity index (χ0n) is 16.1. The van der Waals surface area contributed by atoms with Crippen LogP contribution < -0.4 is 16.4 Å². The summed E-state index contributed by atoms with van der Waals surface area (Å²) in [5.41, 5.74) is 7.88. The maximum atomic E-state index is 12.7. The van der Waals surface area contributed by atoms with Crippen molar-refractivity contribution in [1.82, 2.24) is 14.7 Å². The Morgan fingerprint density at radius 1 is 1.32 bits per heavy atom. The summed E-state index contributed by atoms with van der Waals surface area (Å²) in [6, 6.07) is 11.4. The van der Waals surface area contributed by atoms with Crippen molar-refractivity contribution in [2.45, 2.75) is 19.1 Å². The van der Waals surface area contributed by atoms with E-state index in [9.17, 15) is 9.59 Å². The van der Waals surface area contributed by atoms with Crippen LogP contribution in [0.5, 0.6) is 0 Å².